The van der Waals surface area contributed by atoms with Crippen molar-refractivity contribution in [3.05, 3.63) is 53.1 Å². The molecule has 2 atom stereocenters. The lowest BCUT2D eigenvalue weighted by atomic mass is 9.86. The fourth-order valence-corrected chi connectivity index (χ4v) is 6.47. The van der Waals surface area contributed by atoms with Crippen LogP contribution in [0.4, 0.5) is 0 Å². The molecule has 2 aromatic rings. The summed E-state index contributed by atoms with van der Waals surface area (Å²) in [6.45, 7) is 11.5. The summed E-state index contributed by atoms with van der Waals surface area (Å²) in [6.07, 6.45) is 1.80. The summed E-state index contributed by atoms with van der Waals surface area (Å²) in [5, 5.41) is 8.46. The molecule has 1 aliphatic heterocycles. The van der Waals surface area contributed by atoms with Crippen LogP contribution in [0.25, 0.3) is 0 Å². The maximum Gasteiger partial charge on any atom is 0.382 e. The number of carbonyl (C=O) groups is 2. The van der Waals surface area contributed by atoms with Gasteiger partial charge in [0.05, 0.1) is 0 Å². The van der Waals surface area contributed by atoms with E-state index in [0.29, 0.717) is 29.7 Å². The lowest BCUT2D eigenvalue weighted by Gasteiger charge is -2.36. The molecule has 0 spiro atoms. The average Bonchev–Trinajstić information content (AvgIpc) is 2.80. The van der Waals surface area contributed by atoms with Crippen molar-refractivity contribution in [3.63, 3.8) is 0 Å². The van der Waals surface area contributed by atoms with Gasteiger partial charge >= 0.3 is 16.3 Å². The summed E-state index contributed by atoms with van der Waals surface area (Å²) < 4.78 is 38.2. The van der Waals surface area contributed by atoms with E-state index in [2.05, 4.69) is 4.72 Å². The maximum absolute atomic E-state index is 13.2. The Bertz CT molecular complexity index is 1260. The van der Waals surface area contributed by atoms with E-state index in [1.807, 2.05) is 27.7 Å². The number of benzene rings is 2. The number of esters is 1. The summed E-state index contributed by atoms with van der Waals surface area (Å²) >= 11 is 1.13. The average molecular weight is 564 g/mol. The molecule has 0 saturated carbocycles. The number of hydrogen-bond acceptors (Lipinski definition) is 8. The second-order valence-electron chi connectivity index (χ2n) is 11.0. The van der Waals surface area contributed by atoms with Crippen LogP contribution in [-0.2, 0) is 36.5 Å². The van der Waals surface area contributed by atoms with Crippen molar-refractivity contribution in [1.82, 2.24) is 4.72 Å². The van der Waals surface area contributed by atoms with Crippen molar-refractivity contribution in [3.8, 4) is 11.5 Å². The molecule has 1 saturated heterocycles. The second kappa shape index (κ2) is 11.7. The number of phenols is 1. The Kier molecular flexibility index (Phi) is 9.21. The molecule has 1 fully saturated rings. The number of Topliss-reactive ketones (excluding diaryl/α,β-unsaturated/α-hetero) is 1. The highest BCUT2D eigenvalue weighted by molar-refractivity contribution is 8.01. The van der Waals surface area contributed by atoms with Gasteiger partial charge in [0.25, 0.3) is 0 Å². The number of nitrogens with one attached hydrogen (secondary N) is 1. The molecule has 3 rings (SSSR count). The number of aryl methyl sites for hydroxylation is 2. The maximum atomic E-state index is 13.2. The number of cyclic esters (lactones) is 1. The van der Waals surface area contributed by atoms with Crippen LogP contribution in [0.15, 0.2) is 41.3 Å². The van der Waals surface area contributed by atoms with Gasteiger partial charge in [0.2, 0.25) is 0 Å². The van der Waals surface area contributed by atoms with Gasteiger partial charge in [-0.3, -0.25) is 9.59 Å². The predicted octanol–water partition coefficient (Wildman–Crippen LogP) is 4.99. The number of phenolic OH excluding ortho intramolecular Hbond substituents is 1. The van der Waals surface area contributed by atoms with Gasteiger partial charge in [-0.1, -0.05) is 39.8 Å². The van der Waals surface area contributed by atoms with Crippen LogP contribution >= 0.6 is 11.8 Å². The normalized spacial score (nSPS) is 20.3. The molecule has 0 aliphatic carbocycles. The molecule has 8 nitrogen and oxygen atoms in total. The molecule has 2 aromatic carbocycles. The molecule has 2 unspecified atom stereocenters. The lowest BCUT2D eigenvalue weighted by Crippen LogP contribution is -2.47. The topological polar surface area (TPSA) is 119 Å². The van der Waals surface area contributed by atoms with Gasteiger partial charge in [-0.2, -0.15) is 13.1 Å². The van der Waals surface area contributed by atoms with Crippen LogP contribution in [0.2, 0.25) is 0 Å². The van der Waals surface area contributed by atoms with Crippen LogP contribution in [0, 0.1) is 6.92 Å². The van der Waals surface area contributed by atoms with Crippen molar-refractivity contribution in [2.75, 3.05) is 6.54 Å². The highest BCUT2D eigenvalue weighted by atomic mass is 32.2. The first-order valence-electron chi connectivity index (χ1n) is 12.7. The molecule has 0 amide bonds. The van der Waals surface area contributed by atoms with Gasteiger partial charge in [0, 0.05) is 17.9 Å². The number of hydrogen-bond donors (Lipinski definition) is 2. The SMILES string of the molecule is CCCNS(=O)(=O)Oc1cc(C(C)(C)C)c(SC2C(=O)CC(C)(CCc3ccc(O)cc3)OC2=O)cc1C. The molecule has 0 radical (unpaired) electrons. The van der Waals surface area contributed by atoms with Gasteiger partial charge in [-0.25, -0.2) is 0 Å². The van der Waals surface area contributed by atoms with Crippen molar-refractivity contribution >= 4 is 33.8 Å². The molecule has 1 aliphatic rings. The fraction of sp³-hybridized carbons (Fsp3) is 0.500. The monoisotopic (exact) mass is 563 g/mol. The Morgan fingerprint density at radius 2 is 1.84 bits per heavy atom. The highest BCUT2D eigenvalue weighted by Crippen LogP contribution is 2.42. The molecular formula is C28H37NO7S2. The van der Waals surface area contributed by atoms with Crippen LogP contribution in [0.1, 0.15) is 70.6 Å². The number of thioether (sulfide) groups is 1. The minimum atomic E-state index is -3.98. The van der Waals surface area contributed by atoms with Crippen molar-refractivity contribution in [2.24, 2.45) is 0 Å². The van der Waals surface area contributed by atoms with E-state index in [9.17, 15) is 23.1 Å². The zero-order chi connectivity index (χ0) is 28.3. The first kappa shape index (κ1) is 30.0. The van der Waals surface area contributed by atoms with E-state index >= 15 is 0 Å². The van der Waals surface area contributed by atoms with E-state index in [4.69, 9.17) is 8.92 Å². The van der Waals surface area contributed by atoms with Gasteiger partial charge in [-0.15, -0.1) is 11.8 Å². The summed E-state index contributed by atoms with van der Waals surface area (Å²) in [5.41, 5.74) is 0.967. The quantitative estimate of drug-likeness (QED) is 0.307. The lowest BCUT2D eigenvalue weighted by molar-refractivity contribution is -0.167. The smallest absolute Gasteiger partial charge is 0.382 e. The molecule has 10 heteroatoms. The molecule has 1 heterocycles. The Labute approximate surface area is 229 Å². The van der Waals surface area contributed by atoms with E-state index < -0.39 is 32.5 Å². The second-order valence-corrected chi connectivity index (χ2v) is 13.5. The van der Waals surface area contributed by atoms with Gasteiger partial charge < -0.3 is 14.0 Å². The third kappa shape index (κ3) is 7.74. The molecule has 0 bridgehead atoms. The molecular weight excluding hydrogens is 526 g/mol. The standard InChI is InChI=1S/C28H37NO7S2/c1-7-14-29-38(33,34)36-23-16-21(27(3,4)5)24(15-18(23)2)37-25-22(31)17-28(6,35-26(25)32)13-12-19-8-10-20(30)11-9-19/h8-11,15-16,25,29-30H,7,12-14,17H2,1-6H3. The number of ketones is 1. The zero-order valence-electron chi connectivity index (χ0n) is 22.8. The van der Waals surface area contributed by atoms with Crippen LogP contribution in [0.5, 0.6) is 11.5 Å². The molecule has 2 N–H and O–H groups in total. The molecule has 0 aromatic heterocycles. The summed E-state index contributed by atoms with van der Waals surface area (Å²) in [6, 6.07) is 10.2. The zero-order valence-corrected chi connectivity index (χ0v) is 24.4. The third-order valence-electron chi connectivity index (χ3n) is 6.34. The van der Waals surface area contributed by atoms with E-state index in [1.54, 1.807) is 50.2 Å². The Morgan fingerprint density at radius 3 is 2.42 bits per heavy atom. The largest absolute Gasteiger partial charge is 0.508 e. The first-order chi connectivity index (χ1) is 17.6. The Morgan fingerprint density at radius 1 is 1.18 bits per heavy atom. The van der Waals surface area contributed by atoms with Crippen molar-refractivity contribution < 1.29 is 32.0 Å². The van der Waals surface area contributed by atoms with E-state index in [0.717, 1.165) is 22.9 Å². The van der Waals surface area contributed by atoms with Gasteiger partial charge in [0.1, 0.15) is 17.1 Å². The van der Waals surface area contributed by atoms with Crippen LogP contribution in [0.3, 0.4) is 0 Å². The van der Waals surface area contributed by atoms with Gasteiger partial charge in [0.15, 0.2) is 11.0 Å². The summed E-state index contributed by atoms with van der Waals surface area (Å²) in [7, 11) is -3.98. The molecule has 208 valence electrons. The Hall–Kier alpha value is -2.56. The highest BCUT2D eigenvalue weighted by Gasteiger charge is 2.44. The van der Waals surface area contributed by atoms with Gasteiger partial charge in [-0.05, 0) is 79.5 Å². The first-order valence-corrected chi connectivity index (χ1v) is 15.0. The van der Waals surface area contributed by atoms with Crippen LogP contribution in [-0.4, -0.2) is 42.7 Å². The number of aromatic hydroxyl groups is 1. The summed E-state index contributed by atoms with van der Waals surface area (Å²) in [4.78, 5) is 27.0. The summed E-state index contributed by atoms with van der Waals surface area (Å²) in [5.74, 6) is -0.409. The number of carbonyl (C=O) groups excluding carboxylic acids is 2. The van der Waals surface area contributed by atoms with E-state index in [1.165, 1.54) is 0 Å². The predicted molar refractivity (Wildman–Crippen MR) is 148 cm³/mol. The van der Waals surface area contributed by atoms with Crippen molar-refractivity contribution in [1.29, 1.82) is 0 Å². The third-order valence-corrected chi connectivity index (χ3v) is 8.58. The van der Waals surface area contributed by atoms with Crippen LogP contribution < -0.4 is 8.91 Å². The minimum absolute atomic E-state index is 0.0981. The minimum Gasteiger partial charge on any atom is -0.508 e. The Balaban J connectivity index is 1.79. The van der Waals surface area contributed by atoms with Crippen molar-refractivity contribution in [2.45, 2.75) is 88.4 Å². The van der Waals surface area contributed by atoms with E-state index in [-0.39, 0.29) is 30.2 Å². The molecule has 38 heavy (non-hydrogen) atoms. The number of rotatable bonds is 10. The number of ether oxygens (including phenoxy) is 1. The fourth-order valence-electron chi connectivity index (χ4n) is 4.19.